The van der Waals surface area contributed by atoms with Crippen molar-refractivity contribution in [1.82, 2.24) is 10.3 Å². The van der Waals surface area contributed by atoms with Crippen LogP contribution in [0.1, 0.15) is 48.9 Å². The molecule has 2 aliphatic rings. The molecule has 2 fully saturated rings. The average Bonchev–Trinajstić information content (AvgIpc) is 3.04. The monoisotopic (exact) mass is 360 g/mol. The standard InChI is InChI=1S/C16H24N4O.2ClH/c17-13-4-6-14(7-5-13)19-16(21)12-3-8-15(18-11-12)20-9-1-2-10-20;;/h3,8,11,13-14H,1-2,4-7,9-10,17H2,(H,19,21);2*1H. The van der Waals surface area contributed by atoms with Crippen molar-refractivity contribution in [3.8, 4) is 0 Å². The van der Waals surface area contributed by atoms with Crippen molar-refractivity contribution >= 4 is 36.5 Å². The van der Waals surface area contributed by atoms with Crippen LogP contribution in [-0.2, 0) is 0 Å². The molecule has 130 valence electrons. The first kappa shape index (κ1) is 20.0. The molecule has 1 aromatic rings. The molecule has 0 aromatic carbocycles. The largest absolute Gasteiger partial charge is 0.357 e. The van der Waals surface area contributed by atoms with Crippen molar-refractivity contribution in [3.05, 3.63) is 23.9 Å². The predicted octanol–water partition coefficient (Wildman–Crippen LogP) is 2.53. The fourth-order valence-electron chi connectivity index (χ4n) is 3.19. The van der Waals surface area contributed by atoms with Crippen LogP contribution in [0.25, 0.3) is 0 Å². The summed E-state index contributed by atoms with van der Waals surface area (Å²) in [4.78, 5) is 18.9. The van der Waals surface area contributed by atoms with Gasteiger partial charge in [-0.15, -0.1) is 24.8 Å². The Kier molecular flexibility index (Phi) is 8.09. The fourth-order valence-corrected chi connectivity index (χ4v) is 3.19. The van der Waals surface area contributed by atoms with Crippen molar-refractivity contribution in [1.29, 1.82) is 0 Å². The van der Waals surface area contributed by atoms with Gasteiger partial charge in [-0.05, 0) is 50.7 Å². The number of carbonyl (C=O) groups excluding carboxylic acids is 1. The van der Waals surface area contributed by atoms with Crippen molar-refractivity contribution in [2.45, 2.75) is 50.6 Å². The van der Waals surface area contributed by atoms with Gasteiger partial charge in [0.25, 0.3) is 5.91 Å². The summed E-state index contributed by atoms with van der Waals surface area (Å²) in [6.45, 7) is 2.14. The number of halogens is 2. The first-order valence-corrected chi connectivity index (χ1v) is 8.00. The molecule has 0 atom stereocenters. The zero-order valence-electron chi connectivity index (χ0n) is 13.2. The molecule has 5 nitrogen and oxygen atoms in total. The third-order valence-electron chi connectivity index (χ3n) is 4.55. The number of nitrogens with zero attached hydrogens (tertiary/aromatic N) is 2. The molecule has 1 saturated heterocycles. The van der Waals surface area contributed by atoms with Crippen LogP contribution < -0.4 is 16.0 Å². The highest BCUT2D eigenvalue weighted by Crippen LogP contribution is 2.19. The molecule has 0 bridgehead atoms. The zero-order chi connectivity index (χ0) is 14.7. The summed E-state index contributed by atoms with van der Waals surface area (Å²) >= 11 is 0. The average molecular weight is 361 g/mol. The Morgan fingerprint density at radius 3 is 2.35 bits per heavy atom. The number of carbonyl (C=O) groups is 1. The Morgan fingerprint density at radius 1 is 1.13 bits per heavy atom. The molecule has 7 heteroatoms. The number of pyridine rings is 1. The van der Waals surface area contributed by atoms with E-state index in [-0.39, 0.29) is 36.8 Å². The zero-order valence-corrected chi connectivity index (χ0v) is 14.9. The quantitative estimate of drug-likeness (QED) is 0.868. The number of rotatable bonds is 3. The first-order chi connectivity index (χ1) is 10.2. The molecule has 23 heavy (non-hydrogen) atoms. The molecule has 1 aliphatic carbocycles. The van der Waals surface area contributed by atoms with Gasteiger partial charge in [0, 0.05) is 31.4 Å². The second kappa shape index (κ2) is 9.30. The maximum atomic E-state index is 12.2. The lowest BCUT2D eigenvalue weighted by Gasteiger charge is -2.26. The summed E-state index contributed by atoms with van der Waals surface area (Å²) in [5.74, 6) is 0.962. The van der Waals surface area contributed by atoms with E-state index in [9.17, 15) is 4.79 Å². The minimum Gasteiger partial charge on any atom is -0.357 e. The van der Waals surface area contributed by atoms with Gasteiger partial charge >= 0.3 is 0 Å². The van der Waals surface area contributed by atoms with Crippen molar-refractivity contribution in [2.75, 3.05) is 18.0 Å². The predicted molar refractivity (Wildman–Crippen MR) is 97.9 cm³/mol. The third-order valence-corrected chi connectivity index (χ3v) is 4.55. The summed E-state index contributed by atoms with van der Waals surface area (Å²) in [6.07, 6.45) is 8.10. The lowest BCUT2D eigenvalue weighted by atomic mass is 9.92. The maximum Gasteiger partial charge on any atom is 0.253 e. The van der Waals surface area contributed by atoms with E-state index >= 15 is 0 Å². The molecule has 1 amide bonds. The Morgan fingerprint density at radius 2 is 1.78 bits per heavy atom. The molecule has 3 rings (SSSR count). The highest BCUT2D eigenvalue weighted by atomic mass is 35.5. The van der Waals surface area contributed by atoms with Gasteiger partial charge in [-0.2, -0.15) is 0 Å². The van der Waals surface area contributed by atoms with E-state index in [4.69, 9.17) is 5.73 Å². The molecule has 0 spiro atoms. The lowest BCUT2D eigenvalue weighted by Crippen LogP contribution is -2.40. The smallest absolute Gasteiger partial charge is 0.253 e. The first-order valence-electron chi connectivity index (χ1n) is 8.00. The topological polar surface area (TPSA) is 71.2 Å². The Labute approximate surface area is 150 Å². The van der Waals surface area contributed by atoms with E-state index in [1.54, 1.807) is 6.20 Å². The number of nitrogens with one attached hydrogen (secondary N) is 1. The second-order valence-electron chi connectivity index (χ2n) is 6.18. The molecule has 1 aliphatic heterocycles. The summed E-state index contributed by atoms with van der Waals surface area (Å²) in [6, 6.07) is 4.40. The van der Waals surface area contributed by atoms with Gasteiger partial charge in [0.1, 0.15) is 5.82 Å². The summed E-state index contributed by atoms with van der Waals surface area (Å²) in [5, 5.41) is 3.10. The minimum atomic E-state index is -0.0176. The Bertz CT molecular complexity index is 483. The SMILES string of the molecule is Cl.Cl.NC1CCC(NC(=O)c2ccc(N3CCCC3)nc2)CC1. The number of amides is 1. The van der Waals surface area contributed by atoms with Gasteiger partial charge < -0.3 is 16.0 Å². The maximum absolute atomic E-state index is 12.2. The normalized spacial score (nSPS) is 23.6. The molecular weight excluding hydrogens is 335 g/mol. The molecule has 0 unspecified atom stereocenters. The fraction of sp³-hybridized carbons (Fsp3) is 0.625. The molecule has 0 radical (unpaired) electrons. The van der Waals surface area contributed by atoms with Crippen LogP contribution in [0.3, 0.4) is 0 Å². The van der Waals surface area contributed by atoms with Crippen LogP contribution in [-0.4, -0.2) is 36.1 Å². The third kappa shape index (κ3) is 5.23. The van der Waals surface area contributed by atoms with Gasteiger partial charge in [-0.25, -0.2) is 4.98 Å². The second-order valence-corrected chi connectivity index (χ2v) is 6.18. The molecular formula is C16H26Cl2N4O. The molecule has 2 heterocycles. The van der Waals surface area contributed by atoms with E-state index in [1.165, 1.54) is 12.8 Å². The van der Waals surface area contributed by atoms with Crippen LogP contribution in [0.5, 0.6) is 0 Å². The van der Waals surface area contributed by atoms with Crippen molar-refractivity contribution in [2.24, 2.45) is 5.73 Å². The summed E-state index contributed by atoms with van der Waals surface area (Å²) < 4.78 is 0. The summed E-state index contributed by atoms with van der Waals surface area (Å²) in [7, 11) is 0. The highest BCUT2D eigenvalue weighted by molar-refractivity contribution is 5.94. The van der Waals surface area contributed by atoms with Crippen LogP contribution in [0.4, 0.5) is 5.82 Å². The number of hydrogen-bond donors (Lipinski definition) is 2. The van der Waals surface area contributed by atoms with Gasteiger partial charge in [0.05, 0.1) is 5.56 Å². The Balaban J connectivity index is 0.00000132. The van der Waals surface area contributed by atoms with E-state index in [0.29, 0.717) is 11.6 Å². The van der Waals surface area contributed by atoms with Crippen LogP contribution in [0.2, 0.25) is 0 Å². The molecule has 1 aromatic heterocycles. The van der Waals surface area contributed by atoms with E-state index in [0.717, 1.165) is 44.6 Å². The van der Waals surface area contributed by atoms with Crippen LogP contribution >= 0.6 is 24.8 Å². The number of hydrogen-bond acceptors (Lipinski definition) is 4. The summed E-state index contributed by atoms with van der Waals surface area (Å²) in [5.41, 5.74) is 6.53. The highest BCUT2D eigenvalue weighted by Gasteiger charge is 2.21. The lowest BCUT2D eigenvalue weighted by molar-refractivity contribution is 0.0925. The Hall–Kier alpha value is -1.04. The van der Waals surface area contributed by atoms with Crippen molar-refractivity contribution in [3.63, 3.8) is 0 Å². The number of aromatic nitrogens is 1. The van der Waals surface area contributed by atoms with Gasteiger partial charge in [-0.1, -0.05) is 0 Å². The van der Waals surface area contributed by atoms with Gasteiger partial charge in [0.15, 0.2) is 0 Å². The number of anilines is 1. The van der Waals surface area contributed by atoms with E-state index in [2.05, 4.69) is 15.2 Å². The van der Waals surface area contributed by atoms with Crippen molar-refractivity contribution < 1.29 is 4.79 Å². The van der Waals surface area contributed by atoms with Crippen LogP contribution in [0.15, 0.2) is 18.3 Å². The molecule has 3 N–H and O–H groups in total. The van der Waals surface area contributed by atoms with E-state index < -0.39 is 0 Å². The van der Waals surface area contributed by atoms with Gasteiger partial charge in [-0.3, -0.25) is 4.79 Å². The number of nitrogens with two attached hydrogens (primary N) is 1. The minimum absolute atomic E-state index is 0. The van der Waals surface area contributed by atoms with E-state index in [1.807, 2.05) is 12.1 Å². The molecule has 1 saturated carbocycles. The van der Waals surface area contributed by atoms with Gasteiger partial charge in [0.2, 0.25) is 0 Å². The van der Waals surface area contributed by atoms with Crippen LogP contribution in [0, 0.1) is 0 Å².